The molecule has 172 valence electrons. The summed E-state index contributed by atoms with van der Waals surface area (Å²) >= 11 is 3.45. The van der Waals surface area contributed by atoms with Crippen LogP contribution in [0.1, 0.15) is 17.4 Å². The fourth-order valence-electron chi connectivity index (χ4n) is 3.99. The van der Waals surface area contributed by atoms with Gasteiger partial charge in [0.15, 0.2) is 6.23 Å². The molecule has 6 nitrogen and oxygen atoms in total. The van der Waals surface area contributed by atoms with Crippen molar-refractivity contribution in [3.05, 3.63) is 100 Å². The topological polar surface area (TPSA) is 67.6 Å². The van der Waals surface area contributed by atoms with E-state index in [2.05, 4.69) is 15.9 Å². The van der Waals surface area contributed by atoms with Crippen LogP contribution in [0.3, 0.4) is 0 Å². The highest BCUT2D eigenvalue weighted by Gasteiger charge is 2.36. The Bertz CT molecular complexity index is 1300. The predicted octanol–water partition coefficient (Wildman–Crippen LogP) is 5.25. The third-order valence-corrected chi connectivity index (χ3v) is 6.29. The van der Waals surface area contributed by atoms with Crippen LogP contribution in [0.5, 0.6) is 5.75 Å². The number of rotatable bonds is 6. The number of carbonyl (C=O) groups is 1. The average Bonchev–Trinajstić information content (AvgIpc) is 3.43. The maximum absolute atomic E-state index is 13.6. The lowest BCUT2D eigenvalue weighted by atomic mass is 10.1. The van der Waals surface area contributed by atoms with Crippen LogP contribution in [-0.2, 0) is 16.0 Å². The van der Waals surface area contributed by atoms with E-state index in [0.29, 0.717) is 18.7 Å². The second kappa shape index (κ2) is 9.40. The molecule has 5 rings (SSSR count). The van der Waals surface area contributed by atoms with Crippen LogP contribution in [0, 0.1) is 5.82 Å². The van der Waals surface area contributed by atoms with E-state index in [1.807, 2.05) is 42.6 Å². The van der Waals surface area contributed by atoms with Crippen LogP contribution in [0.15, 0.2) is 83.5 Å². The first kappa shape index (κ1) is 22.3. The van der Waals surface area contributed by atoms with Crippen LogP contribution >= 0.6 is 15.9 Å². The van der Waals surface area contributed by atoms with Crippen molar-refractivity contribution in [1.82, 2.24) is 14.7 Å². The lowest BCUT2D eigenvalue weighted by Gasteiger charge is -2.23. The Morgan fingerprint density at radius 2 is 1.74 bits per heavy atom. The van der Waals surface area contributed by atoms with Crippen molar-refractivity contribution in [3.8, 4) is 22.7 Å². The molecular weight excluding hydrogens is 501 g/mol. The highest BCUT2D eigenvalue weighted by atomic mass is 79.9. The number of halogens is 2. The Morgan fingerprint density at radius 1 is 1.03 bits per heavy atom. The number of nitrogens with zero attached hydrogens (tertiary/aromatic N) is 3. The second-order valence-corrected chi connectivity index (χ2v) is 8.94. The molecule has 4 aromatic rings. The Labute approximate surface area is 204 Å². The van der Waals surface area contributed by atoms with Crippen LogP contribution < -0.4 is 0 Å². The second-order valence-electron chi connectivity index (χ2n) is 8.03. The molecule has 3 aromatic carbocycles. The minimum atomic E-state index is -0.617. The Hall–Kier alpha value is -3.49. The van der Waals surface area contributed by atoms with Crippen LogP contribution in [0.4, 0.5) is 4.39 Å². The van der Waals surface area contributed by atoms with Crippen molar-refractivity contribution in [2.24, 2.45) is 0 Å². The van der Waals surface area contributed by atoms with Crippen molar-refractivity contribution in [2.75, 3.05) is 13.2 Å². The lowest BCUT2D eigenvalue weighted by Crippen LogP contribution is -2.30. The molecule has 1 aliphatic rings. The summed E-state index contributed by atoms with van der Waals surface area (Å²) in [5.41, 5.74) is 3.93. The summed E-state index contributed by atoms with van der Waals surface area (Å²) in [4.78, 5) is 14.4. The van der Waals surface area contributed by atoms with E-state index < -0.39 is 6.23 Å². The van der Waals surface area contributed by atoms with Crippen molar-refractivity contribution in [2.45, 2.75) is 12.6 Å². The third-order valence-electron chi connectivity index (χ3n) is 5.76. The molecule has 0 saturated carbocycles. The number of aromatic nitrogens is 2. The first-order valence-corrected chi connectivity index (χ1v) is 11.6. The molecule has 8 heteroatoms. The third kappa shape index (κ3) is 4.60. The number of ether oxygens (including phenoxy) is 1. The Morgan fingerprint density at radius 3 is 2.44 bits per heavy atom. The molecule has 0 aliphatic carbocycles. The minimum Gasteiger partial charge on any atom is -0.508 e. The normalized spacial score (nSPS) is 15.8. The van der Waals surface area contributed by atoms with Gasteiger partial charge in [-0.2, -0.15) is 5.10 Å². The maximum Gasteiger partial charge on any atom is 0.250 e. The summed E-state index contributed by atoms with van der Waals surface area (Å²) in [5, 5.41) is 14.3. The van der Waals surface area contributed by atoms with Gasteiger partial charge in [0.05, 0.1) is 5.69 Å². The predicted molar refractivity (Wildman–Crippen MR) is 129 cm³/mol. The average molecular weight is 522 g/mol. The number of phenols is 1. The smallest absolute Gasteiger partial charge is 0.250 e. The minimum absolute atomic E-state index is 0.0213. The molecule has 1 fully saturated rings. The molecule has 34 heavy (non-hydrogen) atoms. The summed E-state index contributed by atoms with van der Waals surface area (Å²) in [6, 6.07) is 20.8. The van der Waals surface area contributed by atoms with Crippen LogP contribution in [0.2, 0.25) is 0 Å². The van der Waals surface area contributed by atoms with Gasteiger partial charge < -0.3 is 14.7 Å². The first-order chi connectivity index (χ1) is 16.5. The van der Waals surface area contributed by atoms with E-state index in [1.165, 1.54) is 12.1 Å². The summed E-state index contributed by atoms with van der Waals surface area (Å²) < 4.78 is 22.2. The Kier molecular flexibility index (Phi) is 6.17. The summed E-state index contributed by atoms with van der Waals surface area (Å²) in [7, 11) is 0. The van der Waals surface area contributed by atoms with Gasteiger partial charge in [0.2, 0.25) is 0 Å². The first-order valence-electron chi connectivity index (χ1n) is 10.8. The van der Waals surface area contributed by atoms with Gasteiger partial charge in [0.25, 0.3) is 5.91 Å². The fourth-order valence-corrected chi connectivity index (χ4v) is 4.26. The molecular formula is C26H21BrFN3O3. The monoisotopic (exact) mass is 521 g/mol. The molecule has 1 amide bonds. The number of aromatic hydroxyl groups is 1. The number of phenolic OH excluding ortho intramolecular Hbond substituents is 1. The van der Waals surface area contributed by atoms with Gasteiger partial charge in [-0.1, -0.05) is 28.1 Å². The van der Waals surface area contributed by atoms with Gasteiger partial charge in [-0.25, -0.2) is 9.07 Å². The van der Waals surface area contributed by atoms with E-state index >= 15 is 0 Å². The molecule has 0 bridgehead atoms. The summed E-state index contributed by atoms with van der Waals surface area (Å²) in [5.74, 6) is -0.239. The van der Waals surface area contributed by atoms with Gasteiger partial charge in [0, 0.05) is 28.3 Å². The summed E-state index contributed by atoms with van der Waals surface area (Å²) in [6.07, 6.45) is 1.85. The van der Waals surface area contributed by atoms with Crippen LogP contribution in [-0.4, -0.2) is 38.8 Å². The number of hydrogen-bond donors (Lipinski definition) is 1. The zero-order valence-electron chi connectivity index (χ0n) is 18.1. The van der Waals surface area contributed by atoms with Gasteiger partial charge >= 0.3 is 0 Å². The van der Waals surface area contributed by atoms with Gasteiger partial charge in [-0.15, -0.1) is 0 Å². The lowest BCUT2D eigenvalue weighted by molar-refractivity contribution is -0.128. The number of carbonyl (C=O) groups excluding carboxylic acids is 1. The number of amides is 1. The molecule has 0 spiro atoms. The van der Waals surface area contributed by atoms with Crippen molar-refractivity contribution in [3.63, 3.8) is 0 Å². The number of hydrogen-bond acceptors (Lipinski definition) is 4. The molecule has 1 unspecified atom stereocenters. The van der Waals surface area contributed by atoms with Crippen molar-refractivity contribution >= 4 is 21.8 Å². The van der Waals surface area contributed by atoms with E-state index in [-0.39, 0.29) is 24.1 Å². The van der Waals surface area contributed by atoms with E-state index in [4.69, 9.17) is 9.84 Å². The molecule has 1 aliphatic heterocycles. The summed E-state index contributed by atoms with van der Waals surface area (Å²) in [6.45, 7) is 0.424. The van der Waals surface area contributed by atoms with E-state index in [1.54, 1.807) is 33.8 Å². The van der Waals surface area contributed by atoms with E-state index in [0.717, 1.165) is 26.9 Å². The standard InChI is InChI=1S/C26H21BrFN3O3/c27-19-5-9-21(10-6-19)31-15-23(25(29-31)18-3-7-20(28)8-4-18)26-30(24(33)16-34-26)14-13-17-1-11-22(32)12-2-17/h1-12,15,26,32H,13-14,16H2. The van der Waals surface area contributed by atoms with Gasteiger partial charge in [0.1, 0.15) is 23.9 Å². The van der Waals surface area contributed by atoms with Crippen molar-refractivity contribution < 1.29 is 19.0 Å². The Balaban J connectivity index is 1.50. The molecule has 0 radical (unpaired) electrons. The van der Waals surface area contributed by atoms with Crippen LogP contribution in [0.25, 0.3) is 16.9 Å². The fraction of sp³-hybridized carbons (Fsp3) is 0.154. The van der Waals surface area contributed by atoms with Gasteiger partial charge in [-0.3, -0.25) is 4.79 Å². The molecule has 1 aromatic heterocycles. The molecule has 1 N–H and O–H groups in total. The largest absolute Gasteiger partial charge is 0.508 e. The van der Waals surface area contributed by atoms with Gasteiger partial charge in [-0.05, 0) is 72.6 Å². The highest BCUT2D eigenvalue weighted by Crippen LogP contribution is 2.35. The van der Waals surface area contributed by atoms with E-state index in [9.17, 15) is 14.3 Å². The molecule has 1 atom stereocenters. The SMILES string of the molecule is O=C1COC(c2cn(-c3ccc(Br)cc3)nc2-c2ccc(F)cc2)N1CCc1ccc(O)cc1. The maximum atomic E-state index is 13.6. The zero-order valence-corrected chi connectivity index (χ0v) is 19.7. The zero-order chi connectivity index (χ0) is 23.7. The molecule has 1 saturated heterocycles. The van der Waals surface area contributed by atoms with Crippen molar-refractivity contribution in [1.29, 1.82) is 0 Å². The molecule has 2 heterocycles. The number of benzene rings is 3. The quantitative estimate of drug-likeness (QED) is 0.376. The highest BCUT2D eigenvalue weighted by molar-refractivity contribution is 9.10.